The molecule has 0 fully saturated rings. The summed E-state index contributed by atoms with van der Waals surface area (Å²) in [7, 11) is 0. The van der Waals surface area contributed by atoms with E-state index < -0.39 is 0 Å². The normalized spacial score (nSPS) is 11.3. The Morgan fingerprint density at radius 3 is 2.73 bits per heavy atom. The van der Waals surface area contributed by atoms with Crippen LogP contribution in [0, 0.1) is 5.82 Å². The monoisotopic (exact) mass is 453 g/mol. The van der Waals surface area contributed by atoms with Crippen molar-refractivity contribution in [3.63, 3.8) is 0 Å². The number of pyridine rings is 1. The number of carbonyl (C=O) groups is 1. The lowest BCUT2D eigenvalue weighted by molar-refractivity contribution is 0.0989. The summed E-state index contributed by atoms with van der Waals surface area (Å²) in [6, 6.07) is 15.8. The van der Waals surface area contributed by atoms with E-state index in [0.717, 1.165) is 15.6 Å². The molecule has 0 atom stereocenters. The summed E-state index contributed by atoms with van der Waals surface area (Å²) in [4.78, 5) is 24.4. The van der Waals surface area contributed by atoms with Crippen LogP contribution in [0.15, 0.2) is 67.0 Å². The zero-order valence-electron chi connectivity index (χ0n) is 15.4. The van der Waals surface area contributed by atoms with Crippen LogP contribution in [-0.2, 0) is 6.54 Å². The minimum atomic E-state index is -0.338. The Bertz CT molecular complexity index is 1380. The van der Waals surface area contributed by atoms with Gasteiger partial charge in [-0.3, -0.25) is 14.7 Å². The van der Waals surface area contributed by atoms with Gasteiger partial charge in [0, 0.05) is 22.5 Å². The standard InChI is InChI=1S/C22H13ClFN3OS2/c23-19-15-5-1-2-6-17(15)29-20(19)21(28)27(12-13-4-3-9-25-11-13)22-26-16-8-7-14(24)10-18(16)30-22/h1-11H,12H2. The van der Waals surface area contributed by atoms with Gasteiger partial charge in [0.1, 0.15) is 10.7 Å². The van der Waals surface area contributed by atoms with Gasteiger partial charge in [-0.1, -0.05) is 47.2 Å². The number of rotatable bonds is 4. The second kappa shape index (κ2) is 7.75. The van der Waals surface area contributed by atoms with Gasteiger partial charge in [0.2, 0.25) is 0 Å². The molecular formula is C22H13ClFN3OS2. The van der Waals surface area contributed by atoms with Crippen molar-refractivity contribution in [2.24, 2.45) is 0 Å². The minimum absolute atomic E-state index is 0.246. The zero-order valence-corrected chi connectivity index (χ0v) is 17.8. The molecule has 0 aliphatic carbocycles. The van der Waals surface area contributed by atoms with Crippen LogP contribution >= 0.6 is 34.3 Å². The number of amides is 1. The molecule has 0 radical (unpaired) electrons. The maximum atomic E-state index is 13.7. The Labute approximate surface area is 184 Å². The number of thiophene rings is 1. The lowest BCUT2D eigenvalue weighted by atomic mass is 10.2. The second-order valence-corrected chi connectivity index (χ2v) is 9.04. The molecule has 0 aliphatic rings. The first-order valence-corrected chi connectivity index (χ1v) is 11.0. The van der Waals surface area contributed by atoms with Crippen LogP contribution in [0.2, 0.25) is 5.02 Å². The quantitative estimate of drug-likeness (QED) is 0.310. The van der Waals surface area contributed by atoms with Gasteiger partial charge in [0.05, 0.1) is 21.8 Å². The lowest BCUT2D eigenvalue weighted by Crippen LogP contribution is -2.30. The molecule has 5 rings (SSSR count). The smallest absolute Gasteiger partial charge is 0.272 e. The zero-order chi connectivity index (χ0) is 20.7. The molecular weight excluding hydrogens is 441 g/mol. The third-order valence-electron chi connectivity index (χ3n) is 4.61. The fraction of sp³-hybridized carbons (Fsp3) is 0.0455. The van der Waals surface area contributed by atoms with E-state index in [9.17, 15) is 9.18 Å². The van der Waals surface area contributed by atoms with Gasteiger partial charge in [0.15, 0.2) is 5.13 Å². The summed E-state index contributed by atoms with van der Waals surface area (Å²) in [5.41, 5.74) is 1.50. The molecule has 0 aliphatic heterocycles. The molecule has 0 N–H and O–H groups in total. The largest absolute Gasteiger partial charge is 0.279 e. The Morgan fingerprint density at radius 2 is 1.93 bits per heavy atom. The minimum Gasteiger partial charge on any atom is -0.279 e. The average Bonchev–Trinajstić information content (AvgIpc) is 3.33. The van der Waals surface area contributed by atoms with Crippen molar-refractivity contribution in [2.75, 3.05) is 4.90 Å². The predicted molar refractivity (Wildman–Crippen MR) is 121 cm³/mol. The molecule has 3 aromatic heterocycles. The van der Waals surface area contributed by atoms with Gasteiger partial charge in [-0.05, 0) is 35.9 Å². The Morgan fingerprint density at radius 1 is 1.07 bits per heavy atom. The van der Waals surface area contributed by atoms with Gasteiger partial charge < -0.3 is 0 Å². The summed E-state index contributed by atoms with van der Waals surface area (Å²) < 4.78 is 15.3. The van der Waals surface area contributed by atoms with E-state index in [1.807, 2.05) is 36.4 Å². The average molecular weight is 454 g/mol. The highest BCUT2D eigenvalue weighted by Crippen LogP contribution is 2.38. The van der Waals surface area contributed by atoms with E-state index in [-0.39, 0.29) is 18.3 Å². The number of carbonyl (C=O) groups excluding carboxylic acids is 1. The first-order chi connectivity index (χ1) is 14.6. The Hall–Kier alpha value is -2.87. The fourth-order valence-corrected chi connectivity index (χ4v) is 5.63. The van der Waals surface area contributed by atoms with Crippen LogP contribution in [0.25, 0.3) is 20.3 Å². The maximum absolute atomic E-state index is 13.7. The highest BCUT2D eigenvalue weighted by atomic mass is 35.5. The molecule has 0 saturated heterocycles. The van der Waals surface area contributed by atoms with Gasteiger partial charge >= 0.3 is 0 Å². The number of thiazole rings is 1. The van der Waals surface area contributed by atoms with E-state index in [1.165, 1.54) is 34.8 Å². The van der Waals surface area contributed by atoms with E-state index in [0.29, 0.717) is 25.2 Å². The molecule has 0 unspecified atom stereocenters. The number of hydrogen-bond donors (Lipinski definition) is 0. The summed E-state index contributed by atoms with van der Waals surface area (Å²) in [5, 5.41) is 1.77. The molecule has 8 heteroatoms. The number of aromatic nitrogens is 2. The van der Waals surface area contributed by atoms with Crippen molar-refractivity contribution >= 4 is 65.6 Å². The van der Waals surface area contributed by atoms with Crippen molar-refractivity contribution < 1.29 is 9.18 Å². The van der Waals surface area contributed by atoms with Crippen LogP contribution in [0.3, 0.4) is 0 Å². The fourth-order valence-electron chi connectivity index (χ4n) is 3.18. The summed E-state index contributed by atoms with van der Waals surface area (Å²) >= 11 is 9.19. The molecule has 1 amide bonds. The molecule has 4 nitrogen and oxygen atoms in total. The number of hydrogen-bond acceptors (Lipinski definition) is 5. The van der Waals surface area contributed by atoms with Crippen LogP contribution in [0.5, 0.6) is 0 Å². The summed E-state index contributed by atoms with van der Waals surface area (Å²) in [6.07, 6.45) is 3.39. The molecule has 0 bridgehead atoms. The van der Waals surface area contributed by atoms with E-state index in [2.05, 4.69) is 9.97 Å². The third kappa shape index (κ3) is 3.45. The topological polar surface area (TPSA) is 46.1 Å². The van der Waals surface area contributed by atoms with Crippen LogP contribution < -0.4 is 4.90 Å². The van der Waals surface area contributed by atoms with Crippen LogP contribution in [0.1, 0.15) is 15.2 Å². The molecule has 3 heterocycles. The van der Waals surface area contributed by atoms with Crippen molar-refractivity contribution in [3.05, 3.63) is 88.3 Å². The highest BCUT2D eigenvalue weighted by molar-refractivity contribution is 7.23. The molecule has 148 valence electrons. The Balaban J connectivity index is 1.62. The number of anilines is 1. The molecule has 5 aromatic rings. The van der Waals surface area contributed by atoms with Crippen molar-refractivity contribution in [3.8, 4) is 0 Å². The summed E-state index contributed by atoms with van der Waals surface area (Å²) in [5.74, 6) is -0.583. The van der Waals surface area contributed by atoms with Crippen LogP contribution in [0.4, 0.5) is 9.52 Å². The van der Waals surface area contributed by atoms with Gasteiger partial charge in [0.25, 0.3) is 5.91 Å². The molecule has 2 aromatic carbocycles. The highest BCUT2D eigenvalue weighted by Gasteiger charge is 2.26. The second-order valence-electron chi connectivity index (χ2n) is 6.60. The number of fused-ring (bicyclic) bond motifs is 2. The Kier molecular flexibility index (Phi) is 4.94. The van der Waals surface area contributed by atoms with Gasteiger partial charge in [-0.2, -0.15) is 0 Å². The summed E-state index contributed by atoms with van der Waals surface area (Å²) in [6.45, 7) is 0.277. The third-order valence-corrected chi connectivity index (χ3v) is 7.31. The first-order valence-electron chi connectivity index (χ1n) is 9.04. The van der Waals surface area contributed by atoms with Crippen LogP contribution in [-0.4, -0.2) is 15.9 Å². The SMILES string of the molecule is O=C(c1sc2ccccc2c1Cl)N(Cc1cccnc1)c1nc2ccc(F)cc2s1. The van der Waals surface area contributed by atoms with E-state index >= 15 is 0 Å². The molecule has 30 heavy (non-hydrogen) atoms. The van der Waals surface area contributed by atoms with Gasteiger partial charge in [-0.25, -0.2) is 9.37 Å². The van der Waals surface area contributed by atoms with Gasteiger partial charge in [-0.15, -0.1) is 11.3 Å². The lowest BCUT2D eigenvalue weighted by Gasteiger charge is -2.19. The maximum Gasteiger partial charge on any atom is 0.272 e. The van der Waals surface area contributed by atoms with Crippen molar-refractivity contribution in [2.45, 2.75) is 6.54 Å². The van der Waals surface area contributed by atoms with Crippen molar-refractivity contribution in [1.82, 2.24) is 9.97 Å². The first kappa shape index (κ1) is 19.1. The molecule has 0 spiro atoms. The van der Waals surface area contributed by atoms with E-state index in [4.69, 9.17) is 11.6 Å². The van der Waals surface area contributed by atoms with Crippen molar-refractivity contribution in [1.29, 1.82) is 0 Å². The number of nitrogens with zero attached hydrogens (tertiary/aromatic N) is 3. The number of halogens is 2. The predicted octanol–water partition coefficient (Wildman–Crippen LogP) is 6.55. The number of benzene rings is 2. The molecule has 0 saturated carbocycles. The van der Waals surface area contributed by atoms with E-state index in [1.54, 1.807) is 23.4 Å².